The van der Waals surface area contributed by atoms with Crippen molar-refractivity contribution in [3.63, 3.8) is 0 Å². The first-order valence-corrected chi connectivity index (χ1v) is 8.03. The maximum Gasteiger partial charge on any atom is 0.129 e. The number of halogens is 2. The van der Waals surface area contributed by atoms with Crippen LogP contribution < -0.4 is 0 Å². The highest BCUT2D eigenvalue weighted by molar-refractivity contribution is 5.24. The first kappa shape index (κ1) is 17.0. The average molecular weight is 333 g/mol. The Balaban J connectivity index is 1.72. The lowest BCUT2D eigenvalue weighted by Crippen LogP contribution is -2.49. The third kappa shape index (κ3) is 3.64. The smallest absolute Gasteiger partial charge is 0.129 e. The van der Waals surface area contributed by atoms with E-state index in [1.54, 1.807) is 0 Å². The fraction of sp³-hybridized carbons (Fsp3) is 0.368. The lowest BCUT2D eigenvalue weighted by atomic mass is 9.93. The molecule has 1 heterocycles. The Morgan fingerprint density at radius 3 is 2.71 bits per heavy atom. The summed E-state index contributed by atoms with van der Waals surface area (Å²) in [5, 5.41) is 10.3. The lowest BCUT2D eigenvalue weighted by molar-refractivity contribution is -0.109. The molecule has 1 aliphatic rings. The minimum Gasteiger partial charge on any atom is -0.387 e. The van der Waals surface area contributed by atoms with Crippen molar-refractivity contribution in [2.75, 3.05) is 26.2 Å². The van der Waals surface area contributed by atoms with Gasteiger partial charge in [-0.15, -0.1) is 0 Å². The van der Waals surface area contributed by atoms with Gasteiger partial charge in [-0.05, 0) is 30.7 Å². The van der Waals surface area contributed by atoms with E-state index in [1.807, 2.05) is 42.2 Å². The van der Waals surface area contributed by atoms with E-state index in [0.717, 1.165) is 23.8 Å². The van der Waals surface area contributed by atoms with E-state index in [0.29, 0.717) is 19.7 Å². The zero-order valence-electron chi connectivity index (χ0n) is 13.6. The number of nitrogens with zero attached hydrogens (tertiary/aromatic N) is 1. The van der Waals surface area contributed by atoms with Crippen LogP contribution in [0, 0.1) is 11.6 Å². The van der Waals surface area contributed by atoms with E-state index in [4.69, 9.17) is 4.74 Å². The highest BCUT2D eigenvalue weighted by Gasteiger charge is 2.34. The van der Waals surface area contributed by atoms with Gasteiger partial charge in [-0.3, -0.25) is 4.90 Å². The zero-order valence-corrected chi connectivity index (χ0v) is 13.6. The summed E-state index contributed by atoms with van der Waals surface area (Å²) in [5.74, 6) is -1.15. The molecular weight excluding hydrogens is 312 g/mol. The molecule has 2 atom stereocenters. The predicted octanol–water partition coefficient (Wildman–Crippen LogP) is 3.25. The zero-order chi connectivity index (χ0) is 17.2. The third-order valence-corrected chi connectivity index (χ3v) is 4.49. The van der Waals surface area contributed by atoms with E-state index in [2.05, 4.69) is 0 Å². The molecule has 0 aliphatic carbocycles. The molecule has 0 saturated carbocycles. The van der Waals surface area contributed by atoms with Crippen LogP contribution in [-0.4, -0.2) is 36.2 Å². The third-order valence-electron chi connectivity index (χ3n) is 4.49. The first-order chi connectivity index (χ1) is 11.5. The molecule has 0 spiro atoms. The summed E-state index contributed by atoms with van der Waals surface area (Å²) in [6, 6.07) is 13.0. The molecule has 1 aliphatic heterocycles. The fourth-order valence-electron chi connectivity index (χ4n) is 3.19. The van der Waals surface area contributed by atoms with Gasteiger partial charge in [0.25, 0.3) is 0 Å². The van der Waals surface area contributed by atoms with Crippen LogP contribution in [0.25, 0.3) is 0 Å². The van der Waals surface area contributed by atoms with Gasteiger partial charge in [0.1, 0.15) is 17.2 Å². The summed E-state index contributed by atoms with van der Waals surface area (Å²) >= 11 is 0. The lowest BCUT2D eigenvalue weighted by Gasteiger charge is -2.41. The molecule has 1 N–H and O–H groups in total. The van der Waals surface area contributed by atoms with Crippen LogP contribution in [0.15, 0.2) is 48.5 Å². The van der Waals surface area contributed by atoms with Gasteiger partial charge in [-0.2, -0.15) is 0 Å². The first-order valence-electron chi connectivity index (χ1n) is 8.03. The molecule has 3 nitrogen and oxygen atoms in total. The van der Waals surface area contributed by atoms with E-state index in [1.165, 1.54) is 0 Å². The molecule has 3 rings (SSSR count). The monoisotopic (exact) mass is 333 g/mol. The molecule has 0 amide bonds. The SMILES string of the molecule is CC1(c2ccccc2)CN(CC(O)c2cc(F)ccc2F)CCO1. The maximum atomic E-state index is 13.8. The normalized spacial score (nSPS) is 23.2. The second-order valence-electron chi connectivity index (χ2n) is 6.36. The molecule has 24 heavy (non-hydrogen) atoms. The largest absolute Gasteiger partial charge is 0.387 e. The standard InChI is InChI=1S/C19H21F2NO2/c1-19(14-5-3-2-4-6-14)13-22(9-10-24-19)12-18(23)16-11-15(20)7-8-17(16)21/h2-8,11,18,23H,9-10,12-13H2,1H3. The van der Waals surface area contributed by atoms with Crippen LogP contribution in [-0.2, 0) is 10.3 Å². The molecule has 1 fully saturated rings. The summed E-state index contributed by atoms with van der Waals surface area (Å²) in [6.07, 6.45) is -1.08. The van der Waals surface area contributed by atoms with E-state index in [9.17, 15) is 13.9 Å². The second-order valence-corrected chi connectivity index (χ2v) is 6.36. The molecule has 128 valence electrons. The van der Waals surface area contributed by atoms with E-state index >= 15 is 0 Å². The number of hydrogen-bond donors (Lipinski definition) is 1. The van der Waals surface area contributed by atoms with Crippen LogP contribution in [0.4, 0.5) is 8.78 Å². The average Bonchev–Trinajstić information content (AvgIpc) is 2.58. The summed E-state index contributed by atoms with van der Waals surface area (Å²) in [7, 11) is 0. The van der Waals surface area contributed by atoms with Crippen LogP contribution >= 0.6 is 0 Å². The Kier molecular flexibility index (Phi) is 4.94. The van der Waals surface area contributed by atoms with Crippen molar-refractivity contribution in [3.8, 4) is 0 Å². The van der Waals surface area contributed by atoms with Crippen molar-refractivity contribution in [1.29, 1.82) is 0 Å². The van der Waals surface area contributed by atoms with Gasteiger partial charge >= 0.3 is 0 Å². The molecule has 2 aromatic rings. The predicted molar refractivity (Wildman–Crippen MR) is 87.5 cm³/mol. The van der Waals surface area contributed by atoms with Gasteiger partial charge in [0, 0.05) is 25.2 Å². The summed E-state index contributed by atoms with van der Waals surface area (Å²) < 4.78 is 33.1. The van der Waals surface area contributed by atoms with Crippen LogP contribution in [0.3, 0.4) is 0 Å². The van der Waals surface area contributed by atoms with Gasteiger partial charge in [0.05, 0.1) is 12.7 Å². The Morgan fingerprint density at radius 2 is 1.96 bits per heavy atom. The van der Waals surface area contributed by atoms with Crippen molar-refractivity contribution in [3.05, 3.63) is 71.3 Å². The Labute approximate surface area is 140 Å². The maximum absolute atomic E-state index is 13.8. The number of rotatable bonds is 4. The Hall–Kier alpha value is -1.82. The van der Waals surface area contributed by atoms with Crippen molar-refractivity contribution < 1.29 is 18.6 Å². The molecule has 1 saturated heterocycles. The summed E-state index contributed by atoms with van der Waals surface area (Å²) in [6.45, 7) is 3.96. The molecule has 0 aromatic heterocycles. The number of morpholine rings is 1. The summed E-state index contributed by atoms with van der Waals surface area (Å²) in [4.78, 5) is 2.02. The quantitative estimate of drug-likeness (QED) is 0.932. The number of hydrogen-bond acceptors (Lipinski definition) is 3. The number of β-amino-alcohol motifs (C(OH)–C–C–N with tert-alkyl or cyclic N) is 1. The van der Waals surface area contributed by atoms with Gasteiger partial charge < -0.3 is 9.84 Å². The van der Waals surface area contributed by atoms with E-state index in [-0.39, 0.29) is 12.1 Å². The van der Waals surface area contributed by atoms with Crippen molar-refractivity contribution in [2.45, 2.75) is 18.6 Å². The summed E-state index contributed by atoms with van der Waals surface area (Å²) in [5.41, 5.74) is 0.559. The van der Waals surface area contributed by atoms with E-state index < -0.39 is 23.3 Å². The molecule has 0 radical (unpaired) electrons. The van der Waals surface area contributed by atoms with Gasteiger partial charge in [-0.25, -0.2) is 8.78 Å². The fourth-order valence-corrected chi connectivity index (χ4v) is 3.19. The van der Waals surface area contributed by atoms with Gasteiger partial charge in [0.2, 0.25) is 0 Å². The highest BCUT2D eigenvalue weighted by atomic mass is 19.1. The molecule has 0 bridgehead atoms. The van der Waals surface area contributed by atoms with Crippen LogP contribution in [0.5, 0.6) is 0 Å². The van der Waals surface area contributed by atoms with Crippen LogP contribution in [0.2, 0.25) is 0 Å². The van der Waals surface area contributed by atoms with Crippen LogP contribution in [0.1, 0.15) is 24.2 Å². The van der Waals surface area contributed by atoms with Gasteiger partial charge in [-0.1, -0.05) is 30.3 Å². The number of ether oxygens (including phenoxy) is 1. The number of benzene rings is 2. The Bertz CT molecular complexity index is 695. The van der Waals surface area contributed by atoms with Crippen molar-refractivity contribution >= 4 is 0 Å². The van der Waals surface area contributed by atoms with Gasteiger partial charge in [0.15, 0.2) is 0 Å². The second kappa shape index (κ2) is 6.97. The molecule has 2 aromatic carbocycles. The van der Waals surface area contributed by atoms with Crippen molar-refractivity contribution in [2.24, 2.45) is 0 Å². The van der Waals surface area contributed by atoms with Crippen molar-refractivity contribution in [1.82, 2.24) is 4.90 Å². The number of aliphatic hydroxyl groups is 1. The molecule has 5 heteroatoms. The minimum absolute atomic E-state index is 0.0112. The molecule has 2 unspecified atom stereocenters. The Morgan fingerprint density at radius 1 is 1.21 bits per heavy atom. The minimum atomic E-state index is -1.08. The molecular formula is C19H21F2NO2. The highest BCUT2D eigenvalue weighted by Crippen LogP contribution is 2.30. The topological polar surface area (TPSA) is 32.7 Å². The number of aliphatic hydroxyl groups excluding tert-OH is 1.